The highest BCUT2D eigenvalue weighted by atomic mass is 32.2. The standard InChI is InChI=1S/C10H20F2N4O4S2/c11-7-21(17,18)13-3-1-2-4-15-5-6-16(10-15)9-14-22(19,20)8-12/h5-6,13-14H,1-4,7-10H2. The van der Waals surface area contributed by atoms with Gasteiger partial charge in [-0.25, -0.2) is 30.3 Å². The van der Waals surface area contributed by atoms with Gasteiger partial charge in [-0.2, -0.15) is 4.72 Å². The van der Waals surface area contributed by atoms with Crippen LogP contribution in [0.3, 0.4) is 0 Å². The number of rotatable bonds is 11. The summed E-state index contributed by atoms with van der Waals surface area (Å²) >= 11 is 0. The third-order valence-electron chi connectivity index (χ3n) is 2.82. The van der Waals surface area contributed by atoms with Gasteiger partial charge in [0.25, 0.3) is 0 Å². The summed E-state index contributed by atoms with van der Waals surface area (Å²) in [7, 11) is -7.67. The van der Waals surface area contributed by atoms with E-state index in [1.165, 1.54) is 0 Å². The molecule has 0 aromatic carbocycles. The molecule has 1 aliphatic heterocycles. The lowest BCUT2D eigenvalue weighted by Gasteiger charge is -2.21. The Morgan fingerprint density at radius 1 is 0.909 bits per heavy atom. The van der Waals surface area contributed by atoms with Crippen molar-refractivity contribution in [2.24, 2.45) is 0 Å². The first-order valence-corrected chi connectivity index (χ1v) is 9.81. The molecule has 0 unspecified atom stereocenters. The van der Waals surface area contributed by atoms with Gasteiger partial charge in [0.15, 0.2) is 0 Å². The Morgan fingerprint density at radius 3 is 2.14 bits per heavy atom. The summed E-state index contributed by atoms with van der Waals surface area (Å²) in [6.07, 6.45) is 4.67. The SMILES string of the molecule is O=S(=O)(CF)NCCCCN1C=CN(CNS(=O)(=O)CF)C1. The van der Waals surface area contributed by atoms with E-state index in [2.05, 4.69) is 9.44 Å². The van der Waals surface area contributed by atoms with Gasteiger partial charge in [0.2, 0.25) is 32.1 Å². The van der Waals surface area contributed by atoms with Crippen molar-refractivity contribution in [2.45, 2.75) is 12.8 Å². The van der Waals surface area contributed by atoms with Gasteiger partial charge in [-0.1, -0.05) is 0 Å². The highest BCUT2D eigenvalue weighted by molar-refractivity contribution is 7.89. The normalized spacial score (nSPS) is 15.7. The van der Waals surface area contributed by atoms with Crippen LogP contribution in [0.15, 0.2) is 12.4 Å². The van der Waals surface area contributed by atoms with Crippen LogP contribution in [-0.4, -0.2) is 65.1 Å². The van der Waals surface area contributed by atoms with Crippen molar-refractivity contribution in [3.05, 3.63) is 12.4 Å². The van der Waals surface area contributed by atoms with Crippen LogP contribution in [-0.2, 0) is 20.0 Å². The molecular weight excluding hydrogens is 342 g/mol. The zero-order valence-corrected chi connectivity index (χ0v) is 13.5. The maximum atomic E-state index is 12.1. The molecule has 0 fully saturated rings. The lowest BCUT2D eigenvalue weighted by atomic mass is 10.3. The maximum absolute atomic E-state index is 12.1. The predicted octanol–water partition coefficient (Wildman–Crippen LogP) is -0.537. The van der Waals surface area contributed by atoms with Crippen molar-refractivity contribution in [2.75, 3.05) is 38.4 Å². The largest absolute Gasteiger partial charge is 0.359 e. The molecule has 0 saturated heterocycles. The fraction of sp³-hybridized carbons (Fsp3) is 0.800. The minimum absolute atomic E-state index is 0.0183. The lowest BCUT2D eigenvalue weighted by Crippen LogP contribution is -2.37. The lowest BCUT2D eigenvalue weighted by molar-refractivity contribution is 0.259. The van der Waals surface area contributed by atoms with Crippen LogP contribution < -0.4 is 9.44 Å². The van der Waals surface area contributed by atoms with Crippen molar-refractivity contribution < 1.29 is 25.6 Å². The first-order chi connectivity index (χ1) is 10.3. The first kappa shape index (κ1) is 19.1. The molecule has 0 amide bonds. The third-order valence-corrected chi connectivity index (χ3v) is 4.61. The van der Waals surface area contributed by atoms with E-state index in [0.29, 0.717) is 26.1 Å². The smallest absolute Gasteiger partial charge is 0.242 e. The summed E-state index contributed by atoms with van der Waals surface area (Å²) in [4.78, 5) is 3.55. The third kappa shape index (κ3) is 7.33. The minimum Gasteiger partial charge on any atom is -0.359 e. The van der Waals surface area contributed by atoms with Gasteiger partial charge in [-0.3, -0.25) is 0 Å². The van der Waals surface area contributed by atoms with Gasteiger partial charge < -0.3 is 9.80 Å². The van der Waals surface area contributed by atoms with E-state index >= 15 is 0 Å². The molecule has 1 aliphatic rings. The summed E-state index contributed by atoms with van der Waals surface area (Å²) in [5.41, 5.74) is 0. The molecule has 130 valence electrons. The second-order valence-corrected chi connectivity index (χ2v) is 8.17. The molecule has 0 saturated carbocycles. The van der Waals surface area contributed by atoms with Gasteiger partial charge in [-0.05, 0) is 12.8 Å². The summed E-state index contributed by atoms with van der Waals surface area (Å²) in [5.74, 6) is 0. The van der Waals surface area contributed by atoms with Crippen molar-refractivity contribution in [3.63, 3.8) is 0 Å². The summed E-state index contributed by atoms with van der Waals surface area (Å²) < 4.78 is 71.9. The van der Waals surface area contributed by atoms with Crippen LogP contribution in [0.5, 0.6) is 0 Å². The van der Waals surface area contributed by atoms with E-state index in [9.17, 15) is 25.6 Å². The van der Waals surface area contributed by atoms with Crippen molar-refractivity contribution in [1.29, 1.82) is 0 Å². The number of hydrogen-bond donors (Lipinski definition) is 2. The summed E-state index contributed by atoms with van der Waals surface area (Å²) in [6.45, 7) is 1.24. The van der Waals surface area contributed by atoms with Crippen molar-refractivity contribution in [3.8, 4) is 0 Å². The predicted molar refractivity (Wildman–Crippen MR) is 77.6 cm³/mol. The molecule has 0 aliphatic carbocycles. The molecule has 1 rings (SSSR count). The summed E-state index contributed by atoms with van der Waals surface area (Å²) in [6, 6.07) is -2.88. The highest BCUT2D eigenvalue weighted by Crippen LogP contribution is 2.07. The fourth-order valence-corrected chi connectivity index (χ4v) is 2.66. The van der Waals surface area contributed by atoms with Gasteiger partial charge in [0.05, 0.1) is 13.3 Å². The molecule has 0 radical (unpaired) electrons. The van der Waals surface area contributed by atoms with Gasteiger partial charge in [-0.15, -0.1) is 0 Å². The Labute approximate surface area is 129 Å². The van der Waals surface area contributed by atoms with Crippen LogP contribution >= 0.6 is 0 Å². The Morgan fingerprint density at radius 2 is 1.50 bits per heavy atom. The Kier molecular flexibility index (Phi) is 7.45. The molecule has 0 bridgehead atoms. The monoisotopic (exact) mass is 362 g/mol. The molecule has 0 aromatic rings. The second kappa shape index (κ2) is 8.60. The molecular formula is C10H20F2N4O4S2. The van der Waals surface area contributed by atoms with E-state index in [0.717, 1.165) is 0 Å². The second-order valence-electron chi connectivity index (χ2n) is 4.69. The number of nitrogens with one attached hydrogen (secondary N) is 2. The number of halogens is 2. The number of hydrogen-bond acceptors (Lipinski definition) is 6. The molecule has 12 heteroatoms. The average Bonchev–Trinajstić information content (AvgIpc) is 2.93. The van der Waals surface area contributed by atoms with Crippen molar-refractivity contribution in [1.82, 2.24) is 19.2 Å². The molecule has 0 spiro atoms. The molecule has 22 heavy (non-hydrogen) atoms. The topological polar surface area (TPSA) is 98.8 Å². The van der Waals surface area contributed by atoms with Crippen LogP contribution in [0.25, 0.3) is 0 Å². The van der Waals surface area contributed by atoms with Crippen LogP contribution in [0.4, 0.5) is 8.78 Å². The zero-order chi connectivity index (χ0) is 16.6. The Hall–Kier alpha value is -0.980. The molecule has 1 heterocycles. The van der Waals surface area contributed by atoms with Crippen LogP contribution in [0.2, 0.25) is 0 Å². The van der Waals surface area contributed by atoms with Gasteiger partial charge >= 0.3 is 0 Å². The highest BCUT2D eigenvalue weighted by Gasteiger charge is 2.15. The maximum Gasteiger partial charge on any atom is 0.242 e. The number of nitrogens with zero attached hydrogens (tertiary/aromatic N) is 2. The molecule has 2 N–H and O–H groups in total. The fourth-order valence-electron chi connectivity index (χ4n) is 1.69. The van der Waals surface area contributed by atoms with E-state index < -0.39 is 32.1 Å². The number of sulfonamides is 2. The first-order valence-electron chi connectivity index (χ1n) is 6.51. The quantitative estimate of drug-likeness (QED) is 0.479. The molecule has 0 atom stereocenters. The van der Waals surface area contributed by atoms with Crippen molar-refractivity contribution >= 4 is 20.0 Å². The minimum atomic E-state index is -3.87. The molecule has 8 nitrogen and oxygen atoms in total. The number of alkyl halides is 2. The van der Waals surface area contributed by atoms with E-state index in [1.54, 1.807) is 17.3 Å². The zero-order valence-electron chi connectivity index (χ0n) is 11.9. The van der Waals surface area contributed by atoms with E-state index in [4.69, 9.17) is 0 Å². The van der Waals surface area contributed by atoms with Crippen LogP contribution in [0, 0.1) is 0 Å². The van der Waals surface area contributed by atoms with Crippen LogP contribution in [0.1, 0.15) is 12.8 Å². The van der Waals surface area contributed by atoms with Gasteiger partial charge in [0.1, 0.15) is 0 Å². The Bertz CT molecular complexity index is 567. The molecule has 0 aromatic heterocycles. The summed E-state index contributed by atoms with van der Waals surface area (Å²) in [5, 5.41) is 0. The van der Waals surface area contributed by atoms with E-state index in [1.807, 2.05) is 4.90 Å². The number of unbranched alkanes of at least 4 members (excludes halogenated alkanes) is 1. The van der Waals surface area contributed by atoms with E-state index in [-0.39, 0.29) is 13.2 Å². The Balaban J connectivity index is 2.14. The van der Waals surface area contributed by atoms with Gasteiger partial charge in [0, 0.05) is 25.5 Å². The average molecular weight is 362 g/mol.